The fraction of sp³-hybridized carbons (Fsp3) is 0. The third-order valence-electron chi connectivity index (χ3n) is 1.37. The molecule has 0 bridgehead atoms. The molecule has 2 nitrogen and oxygen atoms in total. The van der Waals surface area contributed by atoms with E-state index in [9.17, 15) is 4.79 Å². The molecule has 0 aliphatic rings. The highest BCUT2D eigenvalue weighted by Gasteiger charge is 2.15. The SMILES string of the molecule is NC(=O)c1cc(Cl)c(Cl)c(Cl)c1Cl. The number of primary amides is 1. The molecular weight excluding hydrogens is 256 g/mol. The first-order valence-electron chi connectivity index (χ1n) is 3.08. The molecule has 0 aliphatic heterocycles. The van der Waals surface area contributed by atoms with Crippen LogP contribution >= 0.6 is 46.4 Å². The number of carbonyl (C=O) groups excluding carboxylic acids is 1. The van der Waals surface area contributed by atoms with Gasteiger partial charge in [0.2, 0.25) is 5.91 Å². The number of nitrogens with two attached hydrogens (primary N) is 1. The fourth-order valence-corrected chi connectivity index (χ4v) is 1.65. The number of rotatable bonds is 1. The molecule has 0 radical (unpaired) electrons. The molecule has 13 heavy (non-hydrogen) atoms. The van der Waals surface area contributed by atoms with Crippen molar-refractivity contribution in [2.24, 2.45) is 5.73 Å². The van der Waals surface area contributed by atoms with Crippen molar-refractivity contribution in [2.45, 2.75) is 0 Å². The van der Waals surface area contributed by atoms with Crippen LogP contribution in [0.25, 0.3) is 0 Å². The number of hydrogen-bond acceptors (Lipinski definition) is 1. The van der Waals surface area contributed by atoms with E-state index < -0.39 is 5.91 Å². The van der Waals surface area contributed by atoms with E-state index in [0.29, 0.717) is 0 Å². The van der Waals surface area contributed by atoms with Crippen LogP contribution in [0, 0.1) is 0 Å². The average Bonchev–Trinajstić information content (AvgIpc) is 2.07. The highest BCUT2D eigenvalue weighted by molar-refractivity contribution is 6.52. The van der Waals surface area contributed by atoms with Gasteiger partial charge in [-0.3, -0.25) is 4.79 Å². The van der Waals surface area contributed by atoms with Crippen molar-refractivity contribution in [3.8, 4) is 0 Å². The van der Waals surface area contributed by atoms with Gasteiger partial charge in [-0.25, -0.2) is 0 Å². The molecule has 1 aromatic rings. The maximum absolute atomic E-state index is 10.8. The quantitative estimate of drug-likeness (QED) is 0.609. The summed E-state index contributed by atoms with van der Waals surface area (Å²) in [7, 11) is 0. The lowest BCUT2D eigenvalue weighted by atomic mass is 10.2. The monoisotopic (exact) mass is 257 g/mol. The molecule has 0 fully saturated rings. The summed E-state index contributed by atoms with van der Waals surface area (Å²) in [6.07, 6.45) is 0. The molecule has 0 saturated carbocycles. The number of hydrogen-bond donors (Lipinski definition) is 1. The van der Waals surface area contributed by atoms with Gasteiger partial charge in [0.1, 0.15) is 0 Å². The van der Waals surface area contributed by atoms with Crippen LogP contribution in [0.15, 0.2) is 6.07 Å². The summed E-state index contributed by atoms with van der Waals surface area (Å²) in [6.45, 7) is 0. The summed E-state index contributed by atoms with van der Waals surface area (Å²) in [6, 6.07) is 1.28. The first kappa shape index (κ1) is 10.9. The lowest BCUT2D eigenvalue weighted by Gasteiger charge is -2.05. The zero-order valence-electron chi connectivity index (χ0n) is 6.07. The van der Waals surface area contributed by atoms with Crippen LogP contribution in [0.4, 0.5) is 0 Å². The van der Waals surface area contributed by atoms with Gasteiger partial charge in [0.05, 0.1) is 25.7 Å². The van der Waals surface area contributed by atoms with Crippen LogP contribution in [-0.4, -0.2) is 5.91 Å². The fourth-order valence-electron chi connectivity index (χ4n) is 0.752. The van der Waals surface area contributed by atoms with Gasteiger partial charge in [0.25, 0.3) is 0 Å². The van der Waals surface area contributed by atoms with Crippen LogP contribution in [0.3, 0.4) is 0 Å². The van der Waals surface area contributed by atoms with Gasteiger partial charge in [0, 0.05) is 0 Å². The van der Waals surface area contributed by atoms with Crippen LogP contribution in [-0.2, 0) is 0 Å². The molecule has 1 amide bonds. The highest BCUT2D eigenvalue weighted by atomic mass is 35.5. The minimum Gasteiger partial charge on any atom is -0.366 e. The van der Waals surface area contributed by atoms with Crippen molar-refractivity contribution in [1.29, 1.82) is 0 Å². The zero-order valence-corrected chi connectivity index (χ0v) is 9.10. The highest BCUT2D eigenvalue weighted by Crippen LogP contribution is 2.37. The normalized spacial score (nSPS) is 10.2. The van der Waals surface area contributed by atoms with Crippen molar-refractivity contribution in [3.05, 3.63) is 31.7 Å². The van der Waals surface area contributed by atoms with E-state index >= 15 is 0 Å². The van der Waals surface area contributed by atoms with Crippen LogP contribution in [0.5, 0.6) is 0 Å². The van der Waals surface area contributed by atoms with Crippen molar-refractivity contribution in [3.63, 3.8) is 0 Å². The first-order valence-corrected chi connectivity index (χ1v) is 4.59. The summed E-state index contributed by atoms with van der Waals surface area (Å²) < 4.78 is 0. The summed E-state index contributed by atoms with van der Waals surface area (Å²) in [5.74, 6) is -0.703. The molecule has 0 aliphatic carbocycles. The summed E-state index contributed by atoms with van der Waals surface area (Å²) in [5.41, 5.74) is 5.08. The Balaban J connectivity index is 3.50. The third kappa shape index (κ3) is 2.02. The lowest BCUT2D eigenvalue weighted by molar-refractivity contribution is 0.100. The standard InChI is InChI=1S/C7H3Cl4NO/c8-3-1-2(7(12)13)4(9)6(11)5(3)10/h1H,(H2,12,13). The number of benzene rings is 1. The third-order valence-corrected chi connectivity index (χ3v) is 3.12. The van der Waals surface area contributed by atoms with Gasteiger partial charge in [0.15, 0.2) is 0 Å². The van der Waals surface area contributed by atoms with E-state index in [1.165, 1.54) is 6.07 Å². The second-order valence-corrected chi connectivity index (χ2v) is 3.75. The lowest BCUT2D eigenvalue weighted by Crippen LogP contribution is -2.11. The molecular formula is C7H3Cl4NO. The van der Waals surface area contributed by atoms with Crippen LogP contribution < -0.4 is 5.73 Å². The van der Waals surface area contributed by atoms with Gasteiger partial charge in [-0.1, -0.05) is 46.4 Å². The molecule has 0 aromatic heterocycles. The van der Waals surface area contributed by atoms with Crippen molar-refractivity contribution in [2.75, 3.05) is 0 Å². The Morgan fingerprint density at radius 3 is 2.08 bits per heavy atom. The average molecular weight is 259 g/mol. The van der Waals surface area contributed by atoms with E-state index in [1.807, 2.05) is 0 Å². The van der Waals surface area contributed by atoms with Gasteiger partial charge < -0.3 is 5.73 Å². The van der Waals surface area contributed by atoms with Gasteiger partial charge in [-0.05, 0) is 6.07 Å². The summed E-state index contributed by atoms with van der Waals surface area (Å²) in [5, 5.41) is 0.302. The van der Waals surface area contributed by atoms with Crippen molar-refractivity contribution >= 4 is 52.3 Å². The number of carbonyl (C=O) groups is 1. The topological polar surface area (TPSA) is 43.1 Å². The van der Waals surface area contributed by atoms with Crippen LogP contribution in [0.1, 0.15) is 10.4 Å². The van der Waals surface area contributed by atoms with E-state index in [-0.39, 0.29) is 25.7 Å². The van der Waals surface area contributed by atoms with E-state index in [2.05, 4.69) is 0 Å². The molecule has 2 N–H and O–H groups in total. The number of halogens is 4. The Morgan fingerprint density at radius 1 is 1.08 bits per heavy atom. The summed E-state index contributed by atoms with van der Waals surface area (Å²) >= 11 is 22.7. The predicted molar refractivity (Wildman–Crippen MR) is 55.0 cm³/mol. The largest absolute Gasteiger partial charge is 0.366 e. The molecule has 1 aromatic carbocycles. The maximum Gasteiger partial charge on any atom is 0.250 e. The molecule has 0 spiro atoms. The second kappa shape index (κ2) is 3.93. The number of amides is 1. The molecule has 6 heteroatoms. The Kier molecular flexibility index (Phi) is 3.30. The van der Waals surface area contributed by atoms with Gasteiger partial charge >= 0.3 is 0 Å². The second-order valence-electron chi connectivity index (χ2n) is 2.21. The predicted octanol–water partition coefficient (Wildman–Crippen LogP) is 3.40. The Labute approximate surface area is 94.5 Å². The van der Waals surface area contributed by atoms with Crippen LogP contribution in [0.2, 0.25) is 20.1 Å². The minimum absolute atomic E-state index is 0.0172. The Hall–Kier alpha value is -0.150. The summed E-state index contributed by atoms with van der Waals surface area (Å²) in [4.78, 5) is 10.8. The molecule has 0 saturated heterocycles. The molecule has 0 unspecified atom stereocenters. The zero-order chi connectivity index (χ0) is 10.2. The Morgan fingerprint density at radius 2 is 1.62 bits per heavy atom. The Bertz CT molecular complexity index is 377. The molecule has 0 atom stereocenters. The van der Waals surface area contributed by atoms with E-state index in [1.54, 1.807) is 0 Å². The minimum atomic E-state index is -0.703. The smallest absolute Gasteiger partial charge is 0.250 e. The van der Waals surface area contributed by atoms with E-state index in [4.69, 9.17) is 52.1 Å². The molecule has 0 heterocycles. The van der Waals surface area contributed by atoms with Gasteiger partial charge in [-0.2, -0.15) is 0 Å². The molecule has 1 rings (SSSR count). The maximum atomic E-state index is 10.8. The van der Waals surface area contributed by atoms with Crippen molar-refractivity contribution < 1.29 is 4.79 Å². The van der Waals surface area contributed by atoms with E-state index in [0.717, 1.165) is 0 Å². The van der Waals surface area contributed by atoms with Gasteiger partial charge in [-0.15, -0.1) is 0 Å². The first-order chi connectivity index (χ1) is 5.95. The van der Waals surface area contributed by atoms with Crippen molar-refractivity contribution in [1.82, 2.24) is 0 Å². The molecule has 70 valence electrons.